The Labute approximate surface area is 115 Å². The molecule has 0 bridgehead atoms. The largest absolute Gasteiger partial charge is 0.494 e. The Hall–Kier alpha value is -2.14. The molecule has 5 heteroatoms. The number of aliphatic hydroxyl groups excluding tert-OH is 1. The van der Waals surface area contributed by atoms with Crippen LogP contribution in [0.3, 0.4) is 0 Å². The van der Waals surface area contributed by atoms with Crippen molar-refractivity contribution in [3.05, 3.63) is 59.7 Å². The molecule has 0 saturated carbocycles. The molecule has 0 amide bonds. The van der Waals surface area contributed by atoms with Crippen LogP contribution in [0.5, 0.6) is 5.75 Å². The number of aliphatic hydroxyl groups is 1. The van der Waals surface area contributed by atoms with Crippen molar-refractivity contribution in [1.29, 1.82) is 0 Å². The second-order valence-electron chi connectivity index (χ2n) is 4.28. The maximum Gasteiger partial charge on any atom is 0.165 e. The van der Waals surface area contributed by atoms with E-state index in [9.17, 15) is 13.9 Å². The first-order valence-corrected chi connectivity index (χ1v) is 6.10. The van der Waals surface area contributed by atoms with Crippen molar-refractivity contribution in [2.24, 2.45) is 0 Å². The van der Waals surface area contributed by atoms with E-state index in [1.165, 1.54) is 31.4 Å². The molecule has 2 aromatic carbocycles. The van der Waals surface area contributed by atoms with Gasteiger partial charge in [0.15, 0.2) is 11.6 Å². The molecule has 0 fully saturated rings. The Kier molecular flexibility index (Phi) is 4.53. The number of hydrogen-bond donors (Lipinski definition) is 2. The smallest absolute Gasteiger partial charge is 0.165 e. The van der Waals surface area contributed by atoms with Gasteiger partial charge in [0, 0.05) is 5.69 Å². The molecule has 0 spiro atoms. The lowest BCUT2D eigenvalue weighted by atomic mass is 10.1. The second kappa shape index (κ2) is 6.34. The minimum Gasteiger partial charge on any atom is -0.494 e. The highest BCUT2D eigenvalue weighted by atomic mass is 19.1. The van der Waals surface area contributed by atoms with Crippen molar-refractivity contribution in [2.45, 2.75) is 6.04 Å². The molecule has 20 heavy (non-hydrogen) atoms. The Balaban J connectivity index is 2.22. The van der Waals surface area contributed by atoms with E-state index >= 15 is 0 Å². The molecule has 0 aliphatic rings. The highest BCUT2D eigenvalue weighted by Gasteiger charge is 2.13. The van der Waals surface area contributed by atoms with Crippen molar-refractivity contribution in [3.8, 4) is 5.75 Å². The summed E-state index contributed by atoms with van der Waals surface area (Å²) in [5.41, 5.74) is 1.07. The number of halogens is 2. The van der Waals surface area contributed by atoms with E-state index in [2.05, 4.69) is 5.32 Å². The SMILES string of the molecule is COc1ccc(C(CO)Nc2cccc(F)c2)cc1F. The van der Waals surface area contributed by atoms with E-state index in [0.29, 0.717) is 11.3 Å². The summed E-state index contributed by atoms with van der Waals surface area (Å²) in [6.07, 6.45) is 0. The van der Waals surface area contributed by atoms with E-state index in [0.717, 1.165) is 0 Å². The summed E-state index contributed by atoms with van der Waals surface area (Å²) in [5.74, 6) is -0.756. The average molecular weight is 279 g/mol. The number of rotatable bonds is 5. The van der Waals surface area contributed by atoms with Crippen LogP contribution in [0.25, 0.3) is 0 Å². The molecule has 0 radical (unpaired) electrons. The molecule has 2 rings (SSSR count). The van der Waals surface area contributed by atoms with Crippen LogP contribution < -0.4 is 10.1 Å². The average Bonchev–Trinajstić information content (AvgIpc) is 2.44. The fraction of sp³-hybridized carbons (Fsp3) is 0.200. The fourth-order valence-electron chi connectivity index (χ4n) is 1.91. The van der Waals surface area contributed by atoms with Crippen molar-refractivity contribution in [3.63, 3.8) is 0 Å². The molecule has 106 valence electrons. The predicted molar refractivity (Wildman–Crippen MR) is 72.8 cm³/mol. The van der Waals surface area contributed by atoms with Gasteiger partial charge in [0.25, 0.3) is 0 Å². The first-order valence-electron chi connectivity index (χ1n) is 6.10. The van der Waals surface area contributed by atoms with Crippen LogP contribution in [-0.4, -0.2) is 18.8 Å². The third kappa shape index (κ3) is 3.24. The lowest BCUT2D eigenvalue weighted by Gasteiger charge is -2.18. The molecule has 0 saturated heterocycles. The van der Waals surface area contributed by atoms with Crippen molar-refractivity contribution in [1.82, 2.24) is 0 Å². The van der Waals surface area contributed by atoms with Crippen LogP contribution in [0.4, 0.5) is 14.5 Å². The molecular formula is C15H15F2NO2. The van der Waals surface area contributed by atoms with Crippen LogP contribution >= 0.6 is 0 Å². The number of benzene rings is 2. The summed E-state index contributed by atoms with van der Waals surface area (Å²) < 4.78 is 31.6. The van der Waals surface area contributed by atoms with E-state index in [1.807, 2.05) is 0 Å². The molecule has 0 aliphatic carbocycles. The van der Waals surface area contributed by atoms with E-state index in [4.69, 9.17) is 4.74 Å². The predicted octanol–water partition coefficient (Wildman–Crippen LogP) is 3.12. The van der Waals surface area contributed by atoms with Crippen LogP contribution in [-0.2, 0) is 0 Å². The number of hydrogen-bond acceptors (Lipinski definition) is 3. The Morgan fingerprint density at radius 2 is 2.00 bits per heavy atom. The maximum atomic E-state index is 13.7. The zero-order valence-electron chi connectivity index (χ0n) is 10.9. The van der Waals surface area contributed by atoms with Gasteiger partial charge in [0.05, 0.1) is 19.8 Å². The Morgan fingerprint density at radius 3 is 2.60 bits per heavy atom. The molecule has 3 nitrogen and oxygen atoms in total. The molecule has 0 aromatic heterocycles. The van der Waals surface area contributed by atoms with Gasteiger partial charge in [-0.1, -0.05) is 12.1 Å². The monoisotopic (exact) mass is 279 g/mol. The quantitative estimate of drug-likeness (QED) is 0.883. The van der Waals surface area contributed by atoms with Gasteiger partial charge in [0.2, 0.25) is 0 Å². The van der Waals surface area contributed by atoms with Gasteiger partial charge >= 0.3 is 0 Å². The van der Waals surface area contributed by atoms with Crippen LogP contribution in [0.15, 0.2) is 42.5 Å². The zero-order chi connectivity index (χ0) is 14.5. The van der Waals surface area contributed by atoms with Gasteiger partial charge in [-0.25, -0.2) is 8.78 Å². The van der Waals surface area contributed by atoms with Gasteiger partial charge in [-0.05, 0) is 35.9 Å². The van der Waals surface area contributed by atoms with Crippen LogP contribution in [0, 0.1) is 11.6 Å². The maximum absolute atomic E-state index is 13.7. The molecule has 2 N–H and O–H groups in total. The van der Waals surface area contributed by atoms with Crippen molar-refractivity contribution < 1.29 is 18.6 Å². The minimum atomic E-state index is -0.530. The number of methoxy groups -OCH3 is 1. The van der Waals surface area contributed by atoms with Crippen LogP contribution in [0.2, 0.25) is 0 Å². The highest BCUT2D eigenvalue weighted by Crippen LogP contribution is 2.24. The molecular weight excluding hydrogens is 264 g/mol. The van der Waals surface area contributed by atoms with Crippen molar-refractivity contribution >= 4 is 5.69 Å². The van der Waals surface area contributed by atoms with Gasteiger partial charge in [-0.15, -0.1) is 0 Å². The van der Waals surface area contributed by atoms with Gasteiger partial charge in [0.1, 0.15) is 5.82 Å². The van der Waals surface area contributed by atoms with Crippen LogP contribution in [0.1, 0.15) is 11.6 Å². The zero-order valence-corrected chi connectivity index (χ0v) is 10.9. The lowest BCUT2D eigenvalue weighted by Crippen LogP contribution is -2.15. The summed E-state index contributed by atoms with van der Waals surface area (Å²) in [6.45, 7) is -0.248. The number of nitrogens with one attached hydrogen (secondary N) is 1. The normalized spacial score (nSPS) is 12.0. The standard InChI is InChI=1S/C15H15F2NO2/c1-20-15-6-5-10(7-13(15)17)14(9-19)18-12-4-2-3-11(16)8-12/h2-8,14,18-19H,9H2,1H3. The lowest BCUT2D eigenvalue weighted by molar-refractivity contribution is 0.276. The second-order valence-corrected chi connectivity index (χ2v) is 4.28. The highest BCUT2D eigenvalue weighted by molar-refractivity contribution is 5.46. The first-order chi connectivity index (χ1) is 9.63. The van der Waals surface area contributed by atoms with Crippen molar-refractivity contribution in [2.75, 3.05) is 19.0 Å². The molecule has 0 aliphatic heterocycles. The molecule has 2 aromatic rings. The van der Waals surface area contributed by atoms with Gasteiger partial charge < -0.3 is 15.2 Å². The van der Waals surface area contributed by atoms with E-state index < -0.39 is 11.9 Å². The van der Waals surface area contributed by atoms with E-state index in [-0.39, 0.29) is 18.2 Å². The fourth-order valence-corrected chi connectivity index (χ4v) is 1.91. The summed E-state index contributed by atoms with van der Waals surface area (Å²) in [6, 6.07) is 9.75. The van der Waals surface area contributed by atoms with Gasteiger partial charge in [-0.2, -0.15) is 0 Å². The molecule has 0 heterocycles. The van der Waals surface area contributed by atoms with E-state index in [1.54, 1.807) is 18.2 Å². The summed E-state index contributed by atoms with van der Waals surface area (Å²) >= 11 is 0. The Bertz CT molecular complexity index is 590. The number of anilines is 1. The molecule has 1 atom stereocenters. The van der Waals surface area contributed by atoms with Gasteiger partial charge in [-0.3, -0.25) is 0 Å². The summed E-state index contributed by atoms with van der Waals surface area (Å²) in [7, 11) is 1.38. The summed E-state index contributed by atoms with van der Waals surface area (Å²) in [5, 5.41) is 12.4. The third-order valence-corrected chi connectivity index (χ3v) is 2.93. The third-order valence-electron chi connectivity index (χ3n) is 2.93. The minimum absolute atomic E-state index is 0.135. The molecule has 1 unspecified atom stereocenters. The first kappa shape index (κ1) is 14.3. The Morgan fingerprint density at radius 1 is 1.20 bits per heavy atom. The topological polar surface area (TPSA) is 41.5 Å². The number of ether oxygens (including phenoxy) is 1. The summed E-state index contributed by atoms with van der Waals surface area (Å²) in [4.78, 5) is 0.